The third kappa shape index (κ3) is 4.24. The number of nitrogens with zero attached hydrogens (tertiary/aromatic N) is 2. The fourth-order valence-corrected chi connectivity index (χ4v) is 3.45. The van der Waals surface area contributed by atoms with E-state index in [9.17, 15) is 29.6 Å². The maximum Gasteiger partial charge on any atom is 0.329 e. The Morgan fingerprint density at radius 1 is 1.26 bits per heavy atom. The number of nitrogens with one attached hydrogen (secondary N) is 1. The molecule has 0 spiro atoms. The molecule has 27 heavy (non-hydrogen) atoms. The molecule has 0 aromatic heterocycles. The summed E-state index contributed by atoms with van der Waals surface area (Å²) >= 11 is 0. The van der Waals surface area contributed by atoms with E-state index >= 15 is 0 Å². The van der Waals surface area contributed by atoms with Gasteiger partial charge in [0.15, 0.2) is 0 Å². The Morgan fingerprint density at radius 2 is 1.89 bits per heavy atom. The molecule has 1 aromatic carbocycles. The standard InChI is InChI=1S/C18H23N3O6/c1-12-10-13(6-7-14(12)21(26)27)16(23)19-11-15(22)20(2)18(17(24)25)8-4-3-5-9-18/h6-7,10H,3-5,8-9,11H2,1-2H3,(H,19,23)(H,24,25). The summed E-state index contributed by atoms with van der Waals surface area (Å²) in [6.07, 6.45) is 3.18. The van der Waals surface area contributed by atoms with Gasteiger partial charge in [-0.1, -0.05) is 19.3 Å². The van der Waals surface area contributed by atoms with Crippen molar-refractivity contribution < 1.29 is 24.4 Å². The van der Waals surface area contributed by atoms with E-state index < -0.39 is 28.2 Å². The number of carboxylic acid groups (broad SMARTS) is 1. The van der Waals surface area contributed by atoms with Crippen molar-refractivity contribution in [3.8, 4) is 0 Å². The van der Waals surface area contributed by atoms with Crippen LogP contribution in [0.25, 0.3) is 0 Å². The van der Waals surface area contributed by atoms with Crippen molar-refractivity contribution in [1.29, 1.82) is 0 Å². The Bertz CT molecular complexity index is 770. The second-order valence-electron chi connectivity index (χ2n) is 6.79. The summed E-state index contributed by atoms with van der Waals surface area (Å²) in [7, 11) is 1.45. The summed E-state index contributed by atoms with van der Waals surface area (Å²) in [5.41, 5.74) is -0.797. The number of nitro groups is 1. The largest absolute Gasteiger partial charge is 0.479 e. The summed E-state index contributed by atoms with van der Waals surface area (Å²) in [6, 6.07) is 3.93. The average molecular weight is 377 g/mol. The topological polar surface area (TPSA) is 130 Å². The molecule has 0 aliphatic heterocycles. The van der Waals surface area contributed by atoms with Gasteiger partial charge in [0, 0.05) is 24.2 Å². The van der Waals surface area contributed by atoms with E-state index in [-0.39, 0.29) is 17.8 Å². The highest BCUT2D eigenvalue weighted by molar-refractivity contribution is 5.97. The Balaban J connectivity index is 2.03. The Hall–Kier alpha value is -2.97. The smallest absolute Gasteiger partial charge is 0.329 e. The number of rotatable bonds is 6. The van der Waals surface area contributed by atoms with Crippen molar-refractivity contribution in [3.05, 3.63) is 39.4 Å². The van der Waals surface area contributed by atoms with Gasteiger partial charge >= 0.3 is 5.97 Å². The lowest BCUT2D eigenvalue weighted by molar-refractivity contribution is -0.385. The first-order valence-electron chi connectivity index (χ1n) is 8.72. The Morgan fingerprint density at radius 3 is 2.41 bits per heavy atom. The average Bonchev–Trinajstić information content (AvgIpc) is 2.65. The first-order chi connectivity index (χ1) is 12.7. The molecule has 1 fully saturated rings. The molecule has 146 valence electrons. The van der Waals surface area contributed by atoms with Gasteiger partial charge in [0.25, 0.3) is 11.6 Å². The van der Waals surface area contributed by atoms with Crippen LogP contribution in [0.2, 0.25) is 0 Å². The molecule has 2 N–H and O–H groups in total. The van der Waals surface area contributed by atoms with E-state index in [1.54, 1.807) is 0 Å². The van der Waals surface area contributed by atoms with Crippen LogP contribution in [0.5, 0.6) is 0 Å². The predicted octanol–water partition coefficient (Wildman–Crippen LogP) is 1.88. The third-order valence-corrected chi connectivity index (χ3v) is 5.15. The molecular formula is C18H23N3O6. The normalized spacial score (nSPS) is 15.6. The number of aryl methyl sites for hydroxylation is 1. The van der Waals surface area contributed by atoms with E-state index in [4.69, 9.17) is 0 Å². The van der Waals surface area contributed by atoms with Crippen LogP contribution < -0.4 is 5.32 Å². The van der Waals surface area contributed by atoms with Crippen LogP contribution in [0.3, 0.4) is 0 Å². The van der Waals surface area contributed by atoms with E-state index in [1.165, 1.54) is 37.1 Å². The van der Waals surface area contributed by atoms with E-state index in [0.717, 1.165) is 19.3 Å². The van der Waals surface area contributed by atoms with Crippen LogP contribution in [0.4, 0.5) is 5.69 Å². The number of carbonyl (C=O) groups is 3. The van der Waals surface area contributed by atoms with E-state index in [0.29, 0.717) is 18.4 Å². The molecule has 0 heterocycles. The molecule has 1 aromatic rings. The van der Waals surface area contributed by atoms with Gasteiger partial charge in [0.05, 0.1) is 11.5 Å². The van der Waals surface area contributed by atoms with E-state index in [1.807, 2.05) is 0 Å². The highest BCUT2D eigenvalue weighted by atomic mass is 16.6. The molecule has 9 nitrogen and oxygen atoms in total. The third-order valence-electron chi connectivity index (χ3n) is 5.15. The molecule has 0 radical (unpaired) electrons. The van der Waals surface area contributed by atoms with Gasteiger partial charge in [-0.15, -0.1) is 0 Å². The summed E-state index contributed by atoms with van der Waals surface area (Å²) in [5.74, 6) is -2.08. The van der Waals surface area contributed by atoms with Crippen LogP contribution in [-0.2, 0) is 9.59 Å². The Kier molecular flexibility index (Phi) is 6.14. The lowest BCUT2D eigenvalue weighted by Crippen LogP contribution is -2.58. The van der Waals surface area contributed by atoms with Crippen LogP contribution in [0.15, 0.2) is 18.2 Å². The van der Waals surface area contributed by atoms with Gasteiger partial charge in [-0.25, -0.2) is 4.79 Å². The predicted molar refractivity (Wildman–Crippen MR) is 96.4 cm³/mol. The molecule has 0 saturated heterocycles. The molecule has 0 bridgehead atoms. The van der Waals surface area contributed by atoms with Gasteiger partial charge in [0.2, 0.25) is 5.91 Å². The van der Waals surface area contributed by atoms with E-state index in [2.05, 4.69) is 5.32 Å². The number of hydrogen-bond acceptors (Lipinski definition) is 5. The van der Waals surface area contributed by atoms with Gasteiger partial charge in [-0.3, -0.25) is 19.7 Å². The molecule has 2 amide bonds. The van der Waals surface area contributed by atoms with Gasteiger partial charge in [-0.05, 0) is 31.9 Å². The van der Waals surface area contributed by atoms with Crippen molar-refractivity contribution in [2.75, 3.05) is 13.6 Å². The summed E-state index contributed by atoms with van der Waals surface area (Å²) < 4.78 is 0. The van der Waals surface area contributed by atoms with Crippen molar-refractivity contribution >= 4 is 23.5 Å². The quantitative estimate of drug-likeness (QED) is 0.575. The molecule has 1 saturated carbocycles. The maximum atomic E-state index is 12.5. The first kappa shape index (κ1) is 20.3. The molecular weight excluding hydrogens is 354 g/mol. The zero-order valence-corrected chi connectivity index (χ0v) is 15.4. The minimum absolute atomic E-state index is 0.0944. The highest BCUT2D eigenvalue weighted by Gasteiger charge is 2.45. The molecule has 1 aliphatic rings. The number of hydrogen-bond donors (Lipinski definition) is 2. The lowest BCUT2D eigenvalue weighted by atomic mass is 9.80. The fraction of sp³-hybridized carbons (Fsp3) is 0.500. The zero-order valence-electron chi connectivity index (χ0n) is 15.4. The number of likely N-dealkylation sites (N-methyl/N-ethyl adjacent to an activating group) is 1. The van der Waals surface area contributed by atoms with Gasteiger partial charge < -0.3 is 15.3 Å². The van der Waals surface area contributed by atoms with Gasteiger partial charge in [-0.2, -0.15) is 0 Å². The molecule has 9 heteroatoms. The molecule has 2 rings (SSSR count). The first-order valence-corrected chi connectivity index (χ1v) is 8.72. The van der Waals surface area contributed by atoms with Crippen molar-refractivity contribution in [3.63, 3.8) is 0 Å². The highest BCUT2D eigenvalue weighted by Crippen LogP contribution is 2.33. The number of nitro benzene ring substituents is 1. The number of carbonyl (C=O) groups excluding carboxylic acids is 2. The van der Waals surface area contributed by atoms with Crippen molar-refractivity contribution in [2.24, 2.45) is 0 Å². The number of benzene rings is 1. The van der Waals surface area contributed by atoms with Crippen LogP contribution in [0, 0.1) is 17.0 Å². The lowest BCUT2D eigenvalue weighted by Gasteiger charge is -2.41. The Labute approximate surface area is 156 Å². The van der Waals surface area contributed by atoms with Crippen LogP contribution >= 0.6 is 0 Å². The zero-order chi connectivity index (χ0) is 20.2. The minimum atomic E-state index is -1.23. The van der Waals surface area contributed by atoms with Crippen LogP contribution in [-0.4, -0.2) is 51.8 Å². The molecule has 0 atom stereocenters. The molecule has 1 aliphatic carbocycles. The monoisotopic (exact) mass is 377 g/mol. The summed E-state index contributed by atoms with van der Waals surface area (Å²) in [6.45, 7) is 1.17. The fourth-order valence-electron chi connectivity index (χ4n) is 3.45. The number of amides is 2. The SMILES string of the molecule is Cc1cc(C(=O)NCC(=O)N(C)C2(C(=O)O)CCCCC2)ccc1[N+](=O)[O-]. The summed E-state index contributed by atoms with van der Waals surface area (Å²) in [4.78, 5) is 48.0. The summed E-state index contributed by atoms with van der Waals surface area (Å²) in [5, 5.41) is 22.9. The second-order valence-corrected chi connectivity index (χ2v) is 6.79. The van der Waals surface area contributed by atoms with Crippen LogP contribution in [0.1, 0.15) is 48.0 Å². The second kappa shape index (κ2) is 8.15. The molecule has 0 unspecified atom stereocenters. The minimum Gasteiger partial charge on any atom is -0.479 e. The maximum absolute atomic E-state index is 12.5. The number of aliphatic carboxylic acids is 1. The van der Waals surface area contributed by atoms with Gasteiger partial charge in [0.1, 0.15) is 5.54 Å². The number of carboxylic acids is 1. The van der Waals surface area contributed by atoms with Crippen molar-refractivity contribution in [1.82, 2.24) is 10.2 Å². The van der Waals surface area contributed by atoms with Crippen molar-refractivity contribution in [2.45, 2.75) is 44.6 Å².